The predicted octanol–water partition coefficient (Wildman–Crippen LogP) is 4.30. The normalized spacial score (nSPS) is 24.6. The van der Waals surface area contributed by atoms with Gasteiger partial charge in [0.05, 0.1) is 0 Å². The van der Waals surface area contributed by atoms with Crippen molar-refractivity contribution >= 4 is 0 Å². The Balaban J connectivity index is 2.60. The van der Waals surface area contributed by atoms with E-state index in [0.29, 0.717) is 6.04 Å². The molecule has 0 aromatic rings. The topological polar surface area (TPSA) is 15.3 Å². The predicted molar refractivity (Wildman–Crippen MR) is 90.2 cm³/mol. The Hall–Kier alpha value is -0.0800. The fourth-order valence-electron chi connectivity index (χ4n) is 3.47. The van der Waals surface area contributed by atoms with Crippen LogP contribution >= 0.6 is 0 Å². The highest BCUT2D eigenvalue weighted by atomic mass is 15.2. The highest BCUT2D eigenvalue weighted by molar-refractivity contribution is 4.83. The smallest absolute Gasteiger partial charge is 0.0107 e. The molecule has 2 heteroatoms. The zero-order valence-electron chi connectivity index (χ0n) is 14.6. The van der Waals surface area contributed by atoms with E-state index in [1.165, 1.54) is 58.2 Å². The van der Waals surface area contributed by atoms with Crippen LogP contribution in [0.2, 0.25) is 0 Å². The minimum absolute atomic E-state index is 0.674. The summed E-state index contributed by atoms with van der Waals surface area (Å²) in [6.45, 7) is 15.4. The van der Waals surface area contributed by atoms with Crippen molar-refractivity contribution in [3.8, 4) is 0 Å². The molecule has 2 unspecified atom stereocenters. The van der Waals surface area contributed by atoms with Crippen LogP contribution in [0.1, 0.15) is 73.1 Å². The van der Waals surface area contributed by atoms with Gasteiger partial charge in [-0.1, -0.05) is 40.0 Å². The number of nitrogens with zero attached hydrogens (tertiary/aromatic N) is 1. The van der Waals surface area contributed by atoms with Crippen LogP contribution in [0.5, 0.6) is 0 Å². The number of hydrogen-bond donors (Lipinski definition) is 1. The van der Waals surface area contributed by atoms with Gasteiger partial charge in [-0.2, -0.15) is 0 Å². The van der Waals surface area contributed by atoms with Crippen molar-refractivity contribution in [3.05, 3.63) is 0 Å². The first kappa shape index (κ1) is 18.0. The summed E-state index contributed by atoms with van der Waals surface area (Å²) in [6.07, 6.45) is 8.35. The van der Waals surface area contributed by atoms with E-state index >= 15 is 0 Å². The second-order valence-electron chi connectivity index (χ2n) is 7.40. The van der Waals surface area contributed by atoms with Gasteiger partial charge in [0.1, 0.15) is 0 Å². The third-order valence-electron chi connectivity index (χ3n) is 4.61. The summed E-state index contributed by atoms with van der Waals surface area (Å²) in [5.41, 5.74) is 0. The van der Waals surface area contributed by atoms with Crippen molar-refractivity contribution < 1.29 is 0 Å². The average molecular weight is 283 g/mol. The summed E-state index contributed by atoms with van der Waals surface area (Å²) in [4.78, 5) is 2.71. The summed E-state index contributed by atoms with van der Waals surface area (Å²) in [5.74, 6) is 1.62. The largest absolute Gasteiger partial charge is 0.314 e. The zero-order valence-corrected chi connectivity index (χ0v) is 14.6. The first-order chi connectivity index (χ1) is 9.54. The minimum atomic E-state index is 0.674. The van der Waals surface area contributed by atoms with E-state index in [9.17, 15) is 0 Å². The van der Waals surface area contributed by atoms with Gasteiger partial charge in [-0.25, -0.2) is 0 Å². The Kier molecular flexibility index (Phi) is 8.79. The maximum atomic E-state index is 3.83. The lowest BCUT2D eigenvalue weighted by molar-refractivity contribution is 0.145. The summed E-state index contributed by atoms with van der Waals surface area (Å²) >= 11 is 0. The second-order valence-corrected chi connectivity index (χ2v) is 7.40. The summed E-state index contributed by atoms with van der Waals surface area (Å²) < 4.78 is 0. The SMILES string of the molecule is CCCNC1CCCCCC1CN(CC(C)C)C(C)C. The molecule has 0 spiro atoms. The van der Waals surface area contributed by atoms with Crippen molar-refractivity contribution in [2.45, 2.75) is 85.2 Å². The van der Waals surface area contributed by atoms with Crippen LogP contribution in [0.4, 0.5) is 0 Å². The lowest BCUT2D eigenvalue weighted by Crippen LogP contribution is -2.45. The van der Waals surface area contributed by atoms with Gasteiger partial charge >= 0.3 is 0 Å². The van der Waals surface area contributed by atoms with Crippen LogP contribution in [0.25, 0.3) is 0 Å². The van der Waals surface area contributed by atoms with Crippen LogP contribution in [-0.4, -0.2) is 36.6 Å². The van der Waals surface area contributed by atoms with Gasteiger partial charge in [0, 0.05) is 25.2 Å². The maximum absolute atomic E-state index is 3.83. The molecule has 2 atom stereocenters. The maximum Gasteiger partial charge on any atom is 0.0107 e. The molecule has 1 rings (SSSR count). The summed E-state index contributed by atoms with van der Waals surface area (Å²) in [6, 6.07) is 1.43. The number of hydrogen-bond acceptors (Lipinski definition) is 2. The molecule has 0 radical (unpaired) electrons. The van der Waals surface area contributed by atoms with Gasteiger partial charge in [-0.3, -0.25) is 0 Å². The molecule has 0 aromatic carbocycles. The molecular formula is C18H38N2. The molecular weight excluding hydrogens is 244 g/mol. The van der Waals surface area contributed by atoms with Gasteiger partial charge in [-0.05, 0) is 51.5 Å². The quantitative estimate of drug-likeness (QED) is 0.668. The molecule has 1 aliphatic rings. The van der Waals surface area contributed by atoms with Crippen LogP contribution < -0.4 is 5.32 Å². The molecule has 1 fully saturated rings. The van der Waals surface area contributed by atoms with E-state index in [4.69, 9.17) is 0 Å². The van der Waals surface area contributed by atoms with Crippen molar-refractivity contribution in [2.75, 3.05) is 19.6 Å². The molecule has 0 heterocycles. The molecule has 1 saturated carbocycles. The Morgan fingerprint density at radius 2 is 1.75 bits per heavy atom. The number of rotatable bonds is 8. The van der Waals surface area contributed by atoms with Crippen LogP contribution in [0.15, 0.2) is 0 Å². The van der Waals surface area contributed by atoms with Crippen LogP contribution in [0, 0.1) is 11.8 Å². The van der Waals surface area contributed by atoms with E-state index in [1.54, 1.807) is 0 Å². The third kappa shape index (κ3) is 6.58. The van der Waals surface area contributed by atoms with Crippen molar-refractivity contribution in [1.29, 1.82) is 0 Å². The zero-order chi connectivity index (χ0) is 15.0. The van der Waals surface area contributed by atoms with Gasteiger partial charge in [0.25, 0.3) is 0 Å². The van der Waals surface area contributed by atoms with Crippen LogP contribution in [-0.2, 0) is 0 Å². The Morgan fingerprint density at radius 3 is 2.35 bits per heavy atom. The first-order valence-corrected chi connectivity index (χ1v) is 9.02. The summed E-state index contributed by atoms with van der Waals surface area (Å²) in [7, 11) is 0. The molecule has 0 saturated heterocycles. The van der Waals surface area contributed by atoms with E-state index in [1.807, 2.05) is 0 Å². The minimum Gasteiger partial charge on any atom is -0.314 e. The van der Waals surface area contributed by atoms with E-state index < -0.39 is 0 Å². The molecule has 1 N–H and O–H groups in total. The number of nitrogens with one attached hydrogen (secondary N) is 1. The van der Waals surface area contributed by atoms with Gasteiger partial charge < -0.3 is 10.2 Å². The Morgan fingerprint density at radius 1 is 1.05 bits per heavy atom. The molecule has 1 aliphatic carbocycles. The lowest BCUT2D eigenvalue weighted by atomic mass is 9.93. The standard InChI is InChI=1S/C18H38N2/c1-6-12-19-18-11-9-7-8-10-17(18)14-20(16(4)5)13-15(2)3/h15-19H,6-14H2,1-5H3. The van der Waals surface area contributed by atoms with Crippen molar-refractivity contribution in [2.24, 2.45) is 11.8 Å². The lowest BCUT2D eigenvalue weighted by Gasteiger charge is -2.35. The van der Waals surface area contributed by atoms with E-state index in [0.717, 1.165) is 17.9 Å². The fourth-order valence-corrected chi connectivity index (χ4v) is 3.47. The Bertz CT molecular complexity index is 238. The van der Waals surface area contributed by atoms with Crippen LogP contribution in [0.3, 0.4) is 0 Å². The van der Waals surface area contributed by atoms with Crippen molar-refractivity contribution in [3.63, 3.8) is 0 Å². The molecule has 0 amide bonds. The molecule has 120 valence electrons. The molecule has 2 nitrogen and oxygen atoms in total. The molecule has 0 bridgehead atoms. The molecule has 0 aliphatic heterocycles. The Labute approximate surface area is 127 Å². The van der Waals surface area contributed by atoms with E-state index in [-0.39, 0.29) is 0 Å². The average Bonchev–Trinajstić information content (AvgIpc) is 2.60. The highest BCUT2D eigenvalue weighted by Gasteiger charge is 2.26. The monoisotopic (exact) mass is 282 g/mol. The fraction of sp³-hybridized carbons (Fsp3) is 1.00. The second kappa shape index (κ2) is 9.78. The van der Waals surface area contributed by atoms with Crippen molar-refractivity contribution in [1.82, 2.24) is 10.2 Å². The van der Waals surface area contributed by atoms with Gasteiger partial charge in [0.15, 0.2) is 0 Å². The molecule has 20 heavy (non-hydrogen) atoms. The third-order valence-corrected chi connectivity index (χ3v) is 4.61. The van der Waals surface area contributed by atoms with E-state index in [2.05, 4.69) is 44.8 Å². The highest BCUT2D eigenvalue weighted by Crippen LogP contribution is 2.25. The first-order valence-electron chi connectivity index (χ1n) is 9.02. The molecule has 0 aromatic heterocycles. The van der Waals surface area contributed by atoms with Gasteiger partial charge in [-0.15, -0.1) is 0 Å². The van der Waals surface area contributed by atoms with Gasteiger partial charge in [0.2, 0.25) is 0 Å². The summed E-state index contributed by atoms with van der Waals surface area (Å²) in [5, 5.41) is 3.83.